The molecule has 0 radical (unpaired) electrons. The zero-order chi connectivity index (χ0) is 25.8. The first-order valence-electron chi connectivity index (χ1n) is 10.5. The summed E-state index contributed by atoms with van der Waals surface area (Å²) in [6, 6.07) is 12.0. The van der Waals surface area contributed by atoms with Crippen molar-refractivity contribution in [2.45, 2.75) is 32.5 Å². The van der Waals surface area contributed by atoms with Crippen LogP contribution >= 0.6 is 0 Å². The number of nitrogen functional groups attached to an aromatic ring is 1. The van der Waals surface area contributed by atoms with E-state index in [1.165, 1.54) is 32.0 Å². The number of nitrogens with zero attached hydrogens (tertiary/aromatic N) is 2. The van der Waals surface area contributed by atoms with Gasteiger partial charge < -0.3 is 20.7 Å². The lowest BCUT2D eigenvalue weighted by Crippen LogP contribution is -2.25. The van der Waals surface area contributed by atoms with Crippen molar-refractivity contribution in [3.63, 3.8) is 0 Å². The topological polar surface area (TPSA) is 141 Å². The molecule has 0 aliphatic heterocycles. The van der Waals surface area contributed by atoms with Gasteiger partial charge in [-0.2, -0.15) is 5.10 Å². The van der Waals surface area contributed by atoms with Gasteiger partial charge in [0.25, 0.3) is 0 Å². The predicted molar refractivity (Wildman–Crippen MR) is 129 cm³/mol. The van der Waals surface area contributed by atoms with Crippen LogP contribution in [0.2, 0.25) is 0 Å². The van der Waals surface area contributed by atoms with Crippen molar-refractivity contribution in [2.75, 3.05) is 11.2 Å². The number of carbonyl (C=O) groups excluding carboxylic acids is 1. The van der Waals surface area contributed by atoms with Gasteiger partial charge in [0, 0.05) is 11.6 Å². The van der Waals surface area contributed by atoms with Crippen molar-refractivity contribution in [1.29, 1.82) is 0 Å². The first-order chi connectivity index (χ1) is 16.5. The second-order valence-electron chi connectivity index (χ2n) is 8.15. The lowest BCUT2D eigenvalue weighted by Gasteiger charge is -2.18. The van der Waals surface area contributed by atoms with E-state index < -0.39 is 17.7 Å². The maximum Gasteiger partial charge on any atom is 0.250 e. The number of ether oxygens (including phenoxy) is 1. The van der Waals surface area contributed by atoms with E-state index in [4.69, 9.17) is 20.7 Å². The lowest BCUT2D eigenvalue weighted by molar-refractivity contribution is -0.114. The van der Waals surface area contributed by atoms with E-state index in [0.717, 1.165) is 5.56 Å². The molecule has 0 unspecified atom stereocenters. The number of aromatic nitrogens is 1. The summed E-state index contributed by atoms with van der Waals surface area (Å²) in [6.45, 7) is 8.14. The molecule has 35 heavy (non-hydrogen) atoms. The summed E-state index contributed by atoms with van der Waals surface area (Å²) in [5.74, 6) is -0.670. The number of anilines is 2. The van der Waals surface area contributed by atoms with E-state index in [0.29, 0.717) is 17.0 Å². The number of benzene rings is 2. The van der Waals surface area contributed by atoms with Gasteiger partial charge in [-0.05, 0) is 50.6 Å². The summed E-state index contributed by atoms with van der Waals surface area (Å²) in [5, 5.41) is 7.83. The number of alkyl halides is 1. The van der Waals surface area contributed by atoms with Crippen molar-refractivity contribution >= 4 is 23.1 Å². The fourth-order valence-electron chi connectivity index (χ4n) is 2.95. The molecule has 0 bridgehead atoms. The smallest absolute Gasteiger partial charge is 0.250 e. The van der Waals surface area contributed by atoms with Crippen LogP contribution in [0.15, 0.2) is 70.3 Å². The number of hydrogen-bond donors (Lipinski definition) is 4. The van der Waals surface area contributed by atoms with Crippen LogP contribution in [0.5, 0.6) is 5.75 Å². The molecule has 0 aliphatic carbocycles. The van der Waals surface area contributed by atoms with Crippen LogP contribution in [0.4, 0.5) is 20.3 Å². The Kier molecular flexibility index (Phi) is 7.38. The minimum Gasteiger partial charge on any atom is -0.484 e. The highest BCUT2D eigenvalue weighted by atomic mass is 19.1. The second-order valence-corrected chi connectivity index (χ2v) is 8.15. The first kappa shape index (κ1) is 25.2. The molecule has 6 N–H and O–H groups in total. The van der Waals surface area contributed by atoms with Gasteiger partial charge in [-0.1, -0.05) is 29.9 Å². The van der Waals surface area contributed by atoms with Gasteiger partial charge in [0.05, 0.1) is 11.3 Å². The molecular formula is C24H26F2N6O3. The van der Waals surface area contributed by atoms with Crippen molar-refractivity contribution in [3.8, 4) is 5.75 Å². The van der Waals surface area contributed by atoms with Crippen molar-refractivity contribution < 1.29 is 22.8 Å². The zero-order valence-electron chi connectivity index (χ0n) is 19.4. The summed E-state index contributed by atoms with van der Waals surface area (Å²) in [5.41, 5.74) is 16.4. The number of rotatable bonds is 10. The third kappa shape index (κ3) is 6.34. The molecule has 3 aromatic rings. The fourth-order valence-corrected chi connectivity index (χ4v) is 2.95. The van der Waals surface area contributed by atoms with Gasteiger partial charge >= 0.3 is 0 Å². The van der Waals surface area contributed by atoms with Crippen LogP contribution in [0.1, 0.15) is 43.8 Å². The molecule has 0 spiro atoms. The zero-order valence-corrected chi connectivity index (χ0v) is 19.4. The molecule has 11 heteroatoms. The second kappa shape index (κ2) is 10.2. The number of hydrogen-bond acceptors (Lipinski definition) is 8. The van der Waals surface area contributed by atoms with Crippen molar-refractivity contribution in [3.05, 3.63) is 83.4 Å². The van der Waals surface area contributed by atoms with Crippen LogP contribution < -0.4 is 27.2 Å². The SMILES string of the molecule is C=C(C(N)=O)/C(=N\NNc1cc(C(C)(C)F)on1)c1ccc(N)c(O[C@@H](C)c2ccc(F)cc2)c1. The number of amides is 1. The van der Waals surface area contributed by atoms with Gasteiger partial charge in [-0.3, -0.25) is 10.2 Å². The average molecular weight is 485 g/mol. The Balaban J connectivity index is 1.84. The molecule has 9 nitrogen and oxygen atoms in total. The number of nitrogens with two attached hydrogens (primary N) is 2. The number of hydrazone groups is 1. The standard InChI is InChI=1S/C24H26F2N6O3/c1-13(23(28)33)22(30-32-29-21-12-20(35-31-21)24(3,4)26)16-7-10-18(27)19(11-16)34-14(2)15-5-8-17(25)9-6-15/h5-12,14,32H,1,27H2,2-4H3,(H2,28,33)(H,29,31)/b30-22+/t14-/m0/s1. The van der Waals surface area contributed by atoms with Crippen LogP contribution in [-0.2, 0) is 10.5 Å². The number of carbonyl (C=O) groups is 1. The molecule has 1 amide bonds. The number of halogens is 2. The summed E-state index contributed by atoms with van der Waals surface area (Å²) >= 11 is 0. The lowest BCUT2D eigenvalue weighted by atomic mass is 10.0. The monoisotopic (exact) mass is 484 g/mol. The van der Waals surface area contributed by atoms with Gasteiger partial charge in [0.2, 0.25) is 5.91 Å². The maximum atomic E-state index is 14.0. The molecule has 184 valence electrons. The van der Waals surface area contributed by atoms with E-state index in [1.807, 2.05) is 0 Å². The summed E-state index contributed by atoms with van der Waals surface area (Å²) < 4.78 is 38.1. The minimum absolute atomic E-state index is 0.0168. The van der Waals surface area contributed by atoms with Crippen molar-refractivity contribution in [1.82, 2.24) is 10.7 Å². The predicted octanol–water partition coefficient (Wildman–Crippen LogP) is 4.10. The van der Waals surface area contributed by atoms with Gasteiger partial charge in [0.1, 0.15) is 23.4 Å². The molecule has 2 aromatic carbocycles. The maximum absolute atomic E-state index is 14.0. The molecule has 1 heterocycles. The van der Waals surface area contributed by atoms with E-state index in [9.17, 15) is 13.6 Å². The minimum atomic E-state index is -1.72. The largest absolute Gasteiger partial charge is 0.484 e. The van der Waals surface area contributed by atoms with E-state index in [-0.39, 0.29) is 28.7 Å². The van der Waals surface area contributed by atoms with E-state index in [1.54, 1.807) is 37.3 Å². The van der Waals surface area contributed by atoms with Gasteiger partial charge in [-0.15, -0.1) is 0 Å². The third-order valence-electron chi connectivity index (χ3n) is 4.96. The Morgan fingerprint density at radius 1 is 1.23 bits per heavy atom. The molecule has 1 atom stereocenters. The molecule has 1 aromatic heterocycles. The summed E-state index contributed by atoms with van der Waals surface area (Å²) in [6.07, 6.45) is -0.450. The number of primary amides is 1. The van der Waals surface area contributed by atoms with Crippen LogP contribution in [0, 0.1) is 5.82 Å². The molecule has 0 fully saturated rings. The Hall–Kier alpha value is -4.41. The van der Waals surface area contributed by atoms with Gasteiger partial charge in [-0.25, -0.2) is 14.3 Å². The fraction of sp³-hybridized carbons (Fsp3) is 0.208. The Morgan fingerprint density at radius 2 is 1.91 bits per heavy atom. The van der Waals surface area contributed by atoms with Crippen molar-refractivity contribution in [2.24, 2.45) is 10.8 Å². The number of nitrogens with one attached hydrogen (secondary N) is 2. The molecule has 0 saturated heterocycles. The Morgan fingerprint density at radius 3 is 2.51 bits per heavy atom. The highest BCUT2D eigenvalue weighted by molar-refractivity contribution is 6.27. The van der Waals surface area contributed by atoms with Gasteiger partial charge in [0.15, 0.2) is 17.2 Å². The van der Waals surface area contributed by atoms with Crippen LogP contribution in [0.25, 0.3) is 0 Å². The molecule has 0 aliphatic rings. The van der Waals surface area contributed by atoms with Crippen LogP contribution in [0.3, 0.4) is 0 Å². The summed E-state index contributed by atoms with van der Waals surface area (Å²) in [7, 11) is 0. The Bertz CT molecular complexity index is 1250. The van der Waals surface area contributed by atoms with Crippen LogP contribution in [-0.4, -0.2) is 16.8 Å². The Labute approximate surface area is 200 Å². The third-order valence-corrected chi connectivity index (χ3v) is 4.96. The molecule has 3 rings (SSSR count). The highest BCUT2D eigenvalue weighted by Crippen LogP contribution is 2.29. The quantitative estimate of drug-likeness (QED) is 0.147. The summed E-state index contributed by atoms with van der Waals surface area (Å²) in [4.78, 5) is 11.8. The van der Waals surface area contributed by atoms with E-state index in [2.05, 4.69) is 27.8 Å². The van der Waals surface area contributed by atoms with E-state index >= 15 is 0 Å². The first-order valence-corrected chi connectivity index (χ1v) is 10.5. The average Bonchev–Trinajstić information content (AvgIpc) is 3.28. The normalized spacial score (nSPS) is 12.7. The molecular weight excluding hydrogens is 458 g/mol. The molecule has 0 saturated carbocycles. The highest BCUT2D eigenvalue weighted by Gasteiger charge is 2.24. The number of hydrazine groups is 1.